The Labute approximate surface area is 88.0 Å². The van der Waals surface area contributed by atoms with Crippen molar-refractivity contribution in [2.75, 3.05) is 13.1 Å². The molecule has 0 saturated carbocycles. The summed E-state index contributed by atoms with van der Waals surface area (Å²) in [6.07, 6.45) is 2.07. The highest BCUT2D eigenvalue weighted by Gasteiger charge is 2.25. The summed E-state index contributed by atoms with van der Waals surface area (Å²) in [5.41, 5.74) is 0. The van der Waals surface area contributed by atoms with Crippen LogP contribution in [0.3, 0.4) is 0 Å². The van der Waals surface area contributed by atoms with Crippen molar-refractivity contribution >= 4 is 11.9 Å². The lowest BCUT2D eigenvalue weighted by Gasteiger charge is -2.33. The van der Waals surface area contributed by atoms with E-state index in [9.17, 15) is 14.7 Å². The second-order valence-corrected chi connectivity index (χ2v) is 3.79. The summed E-state index contributed by atoms with van der Waals surface area (Å²) in [4.78, 5) is 23.2. The molecule has 5 heteroatoms. The molecule has 2 atom stereocenters. The minimum Gasteiger partial charge on any atom is -0.478 e. The predicted molar refractivity (Wildman–Crippen MR) is 53.1 cm³/mol. The van der Waals surface area contributed by atoms with Crippen LogP contribution in [0.5, 0.6) is 0 Å². The van der Waals surface area contributed by atoms with Crippen molar-refractivity contribution in [2.24, 2.45) is 5.92 Å². The third kappa shape index (κ3) is 3.36. The number of aliphatic carboxylic acids is 1. The summed E-state index contributed by atoms with van der Waals surface area (Å²) in [6.45, 7) is 2.82. The van der Waals surface area contributed by atoms with Crippen LogP contribution in [-0.4, -0.2) is 46.2 Å². The van der Waals surface area contributed by atoms with E-state index < -0.39 is 5.97 Å². The molecule has 1 aliphatic heterocycles. The van der Waals surface area contributed by atoms with Gasteiger partial charge in [0.05, 0.1) is 6.10 Å². The number of likely N-dealkylation sites (tertiary alicyclic amines) is 1. The van der Waals surface area contributed by atoms with Crippen molar-refractivity contribution in [2.45, 2.75) is 19.4 Å². The van der Waals surface area contributed by atoms with E-state index in [-0.39, 0.29) is 17.9 Å². The van der Waals surface area contributed by atoms with Crippen molar-refractivity contribution < 1.29 is 19.8 Å². The number of carboxylic acid groups (broad SMARTS) is 1. The van der Waals surface area contributed by atoms with Crippen LogP contribution in [0.15, 0.2) is 12.2 Å². The van der Waals surface area contributed by atoms with E-state index in [0.717, 1.165) is 12.2 Å². The van der Waals surface area contributed by atoms with Gasteiger partial charge in [-0.2, -0.15) is 0 Å². The molecule has 1 rings (SSSR count). The molecular formula is C10H15NO4. The maximum atomic E-state index is 11.4. The molecule has 0 radical (unpaired) electrons. The number of carbonyl (C=O) groups excluding carboxylic acids is 1. The second kappa shape index (κ2) is 4.93. The van der Waals surface area contributed by atoms with E-state index in [2.05, 4.69) is 0 Å². The number of aliphatic hydroxyl groups excluding tert-OH is 1. The van der Waals surface area contributed by atoms with E-state index in [4.69, 9.17) is 5.11 Å². The monoisotopic (exact) mass is 213 g/mol. The second-order valence-electron chi connectivity index (χ2n) is 3.79. The van der Waals surface area contributed by atoms with Gasteiger partial charge in [-0.1, -0.05) is 6.92 Å². The number of hydrogen-bond acceptors (Lipinski definition) is 3. The molecule has 1 aliphatic rings. The number of piperidine rings is 1. The molecule has 0 aliphatic carbocycles. The topological polar surface area (TPSA) is 77.8 Å². The van der Waals surface area contributed by atoms with Crippen molar-refractivity contribution in [3.8, 4) is 0 Å². The third-order valence-electron chi connectivity index (χ3n) is 2.54. The quantitative estimate of drug-likeness (QED) is 0.626. The van der Waals surface area contributed by atoms with E-state index in [0.29, 0.717) is 19.5 Å². The minimum absolute atomic E-state index is 0.0425. The summed E-state index contributed by atoms with van der Waals surface area (Å²) in [6, 6.07) is 0. The summed E-state index contributed by atoms with van der Waals surface area (Å²) >= 11 is 0. The molecule has 84 valence electrons. The molecule has 1 heterocycles. The smallest absolute Gasteiger partial charge is 0.328 e. The molecule has 2 unspecified atom stereocenters. The fraction of sp³-hybridized carbons (Fsp3) is 0.600. The van der Waals surface area contributed by atoms with Gasteiger partial charge in [0, 0.05) is 25.2 Å². The van der Waals surface area contributed by atoms with Crippen molar-refractivity contribution in [3.63, 3.8) is 0 Å². The lowest BCUT2D eigenvalue weighted by Crippen LogP contribution is -2.44. The largest absolute Gasteiger partial charge is 0.478 e. The minimum atomic E-state index is -1.13. The van der Waals surface area contributed by atoms with Crippen molar-refractivity contribution in [3.05, 3.63) is 12.2 Å². The Bertz CT molecular complexity index is 287. The van der Waals surface area contributed by atoms with Gasteiger partial charge in [-0.05, 0) is 12.3 Å². The van der Waals surface area contributed by atoms with Crippen LogP contribution in [0.1, 0.15) is 13.3 Å². The average Bonchev–Trinajstić information content (AvgIpc) is 2.18. The molecule has 15 heavy (non-hydrogen) atoms. The van der Waals surface area contributed by atoms with Gasteiger partial charge in [-0.15, -0.1) is 0 Å². The van der Waals surface area contributed by atoms with Crippen LogP contribution in [0.2, 0.25) is 0 Å². The highest BCUT2D eigenvalue weighted by molar-refractivity contribution is 5.93. The zero-order valence-electron chi connectivity index (χ0n) is 8.59. The number of nitrogens with zero attached hydrogens (tertiary/aromatic N) is 1. The molecule has 0 aromatic heterocycles. The van der Waals surface area contributed by atoms with Crippen LogP contribution in [0.4, 0.5) is 0 Å². The van der Waals surface area contributed by atoms with Crippen LogP contribution in [-0.2, 0) is 9.59 Å². The van der Waals surface area contributed by atoms with E-state index in [1.165, 1.54) is 0 Å². The molecule has 0 bridgehead atoms. The molecule has 1 saturated heterocycles. The van der Waals surface area contributed by atoms with E-state index >= 15 is 0 Å². The van der Waals surface area contributed by atoms with E-state index in [1.807, 2.05) is 6.92 Å². The van der Waals surface area contributed by atoms with Crippen LogP contribution < -0.4 is 0 Å². The number of hydrogen-bond donors (Lipinski definition) is 2. The van der Waals surface area contributed by atoms with Crippen molar-refractivity contribution in [1.29, 1.82) is 0 Å². The maximum Gasteiger partial charge on any atom is 0.328 e. The SMILES string of the molecule is CC1CN(C(=O)/C=C/C(=O)O)CCC1O. The summed E-state index contributed by atoms with van der Waals surface area (Å²) < 4.78 is 0. The first-order valence-electron chi connectivity index (χ1n) is 4.88. The number of carbonyl (C=O) groups is 2. The summed E-state index contributed by atoms with van der Waals surface area (Å²) in [5.74, 6) is -1.40. The van der Waals surface area contributed by atoms with Crippen molar-refractivity contribution in [1.82, 2.24) is 4.90 Å². The highest BCUT2D eigenvalue weighted by Crippen LogP contribution is 2.16. The van der Waals surface area contributed by atoms with Gasteiger partial charge in [-0.25, -0.2) is 4.79 Å². The van der Waals surface area contributed by atoms with Gasteiger partial charge in [0.15, 0.2) is 0 Å². The third-order valence-corrected chi connectivity index (χ3v) is 2.54. The first kappa shape index (κ1) is 11.7. The maximum absolute atomic E-state index is 11.4. The lowest BCUT2D eigenvalue weighted by molar-refractivity contribution is -0.133. The Morgan fingerprint density at radius 2 is 2.07 bits per heavy atom. The molecule has 1 fully saturated rings. The van der Waals surface area contributed by atoms with Crippen LogP contribution >= 0.6 is 0 Å². The molecular weight excluding hydrogens is 198 g/mol. The molecule has 0 spiro atoms. The fourth-order valence-electron chi connectivity index (χ4n) is 1.58. The Kier molecular flexibility index (Phi) is 3.85. The standard InChI is InChI=1S/C10H15NO4/c1-7-6-11(5-4-8(7)12)9(13)2-3-10(14)15/h2-3,7-8,12H,4-6H2,1H3,(H,14,15)/b3-2+. The number of carboxylic acids is 1. The van der Waals surface area contributed by atoms with Gasteiger partial charge in [0.25, 0.3) is 0 Å². The average molecular weight is 213 g/mol. The predicted octanol–water partition coefficient (Wildman–Crippen LogP) is -0.144. The summed E-state index contributed by atoms with van der Waals surface area (Å²) in [5, 5.41) is 17.8. The number of rotatable bonds is 2. The Morgan fingerprint density at radius 3 is 2.60 bits per heavy atom. The zero-order chi connectivity index (χ0) is 11.4. The van der Waals surface area contributed by atoms with Gasteiger partial charge in [0.2, 0.25) is 5.91 Å². The van der Waals surface area contributed by atoms with Gasteiger partial charge < -0.3 is 15.1 Å². The first-order valence-corrected chi connectivity index (χ1v) is 4.88. The number of aliphatic hydroxyl groups is 1. The van der Waals surface area contributed by atoms with E-state index in [1.54, 1.807) is 4.90 Å². The van der Waals surface area contributed by atoms with Crippen LogP contribution in [0.25, 0.3) is 0 Å². The molecule has 0 aromatic rings. The molecule has 0 aromatic carbocycles. The molecule has 1 amide bonds. The Hall–Kier alpha value is -1.36. The lowest BCUT2D eigenvalue weighted by atomic mass is 9.97. The highest BCUT2D eigenvalue weighted by atomic mass is 16.4. The van der Waals surface area contributed by atoms with Gasteiger partial charge >= 0.3 is 5.97 Å². The molecule has 5 nitrogen and oxygen atoms in total. The first-order chi connectivity index (χ1) is 7.00. The Morgan fingerprint density at radius 1 is 1.40 bits per heavy atom. The fourth-order valence-corrected chi connectivity index (χ4v) is 1.58. The summed E-state index contributed by atoms with van der Waals surface area (Å²) in [7, 11) is 0. The number of amides is 1. The van der Waals surface area contributed by atoms with Crippen LogP contribution in [0, 0.1) is 5.92 Å². The zero-order valence-corrected chi connectivity index (χ0v) is 8.59. The Balaban J connectivity index is 2.51. The van der Waals surface area contributed by atoms with Gasteiger partial charge in [0.1, 0.15) is 0 Å². The van der Waals surface area contributed by atoms with Gasteiger partial charge in [-0.3, -0.25) is 4.79 Å². The normalized spacial score (nSPS) is 26.9. The molecule has 2 N–H and O–H groups in total.